The van der Waals surface area contributed by atoms with Crippen LogP contribution in [0, 0.1) is 34.3 Å². The number of benzene rings is 2. The Morgan fingerprint density at radius 1 is 0.731 bits per heavy atom. The maximum absolute atomic E-state index is 12.1. The van der Waals surface area contributed by atoms with Crippen LogP contribution in [-0.2, 0) is 9.59 Å². The van der Waals surface area contributed by atoms with E-state index in [0.29, 0.717) is 11.1 Å². The van der Waals surface area contributed by atoms with E-state index in [2.05, 4.69) is 0 Å². The molecule has 0 bridgehead atoms. The molecule has 0 fully saturated rings. The van der Waals surface area contributed by atoms with Gasteiger partial charge in [-0.25, -0.2) is 8.78 Å². The molecule has 134 valence electrons. The Morgan fingerprint density at radius 2 is 1.00 bits per heavy atom. The molecule has 0 radical (unpaired) electrons. The van der Waals surface area contributed by atoms with Crippen molar-refractivity contribution < 1.29 is 28.6 Å². The van der Waals surface area contributed by atoms with E-state index >= 15 is 0 Å². The molecule has 0 atom stereocenters. The third-order valence-corrected chi connectivity index (χ3v) is 2.50. The highest BCUT2D eigenvalue weighted by Crippen LogP contribution is 2.00. The molecule has 6 nitrogen and oxygen atoms in total. The Morgan fingerprint density at radius 3 is 1.19 bits per heavy atom. The number of carboxylic acids is 2. The number of carboxylic acid groups (broad SMARTS) is 2. The minimum atomic E-state index is -1.08. The number of aliphatic carboxylic acids is 2. The summed E-state index contributed by atoms with van der Waals surface area (Å²) in [4.78, 5) is 19.3. The maximum Gasteiger partial charge on any atom is 0.303 e. The van der Waals surface area contributed by atoms with E-state index < -0.39 is 11.9 Å². The van der Waals surface area contributed by atoms with Crippen molar-refractivity contribution in [2.75, 3.05) is 0 Å². The number of hydrogen-bond acceptors (Lipinski definition) is 4. The zero-order valence-corrected chi connectivity index (χ0v) is 13.4. The topological polar surface area (TPSA) is 122 Å². The molecular weight excluding hydrogens is 346 g/mol. The smallest absolute Gasteiger partial charge is 0.303 e. The summed E-state index contributed by atoms with van der Waals surface area (Å²) in [6.07, 6.45) is -0.593. The zero-order chi connectivity index (χ0) is 19.9. The molecule has 0 aliphatic carbocycles. The summed E-state index contributed by atoms with van der Waals surface area (Å²) in [6.45, 7) is 0. The molecule has 0 aliphatic rings. The molecule has 0 unspecified atom stereocenters. The molecule has 0 amide bonds. The molecule has 0 saturated heterocycles. The Bertz CT molecular complexity index is 722. The van der Waals surface area contributed by atoms with E-state index in [0.717, 1.165) is 0 Å². The predicted molar refractivity (Wildman–Crippen MR) is 86.7 cm³/mol. The van der Waals surface area contributed by atoms with Crippen molar-refractivity contribution >= 4 is 11.9 Å². The first-order chi connectivity index (χ1) is 12.3. The van der Waals surface area contributed by atoms with Crippen molar-refractivity contribution in [1.82, 2.24) is 0 Å². The van der Waals surface area contributed by atoms with Crippen LogP contribution in [0.3, 0.4) is 0 Å². The average molecular weight is 360 g/mol. The Labute approximate surface area is 148 Å². The van der Waals surface area contributed by atoms with Gasteiger partial charge < -0.3 is 10.2 Å². The van der Waals surface area contributed by atoms with Crippen molar-refractivity contribution in [2.24, 2.45) is 0 Å². The monoisotopic (exact) mass is 360 g/mol. The van der Waals surface area contributed by atoms with Crippen LogP contribution in [-0.4, -0.2) is 22.2 Å². The minimum absolute atomic E-state index is 0.296. The van der Waals surface area contributed by atoms with Crippen LogP contribution in [0.2, 0.25) is 0 Å². The van der Waals surface area contributed by atoms with Gasteiger partial charge in [0.25, 0.3) is 0 Å². The second-order valence-electron chi connectivity index (χ2n) is 4.52. The van der Waals surface area contributed by atoms with Crippen molar-refractivity contribution in [2.45, 2.75) is 12.8 Å². The van der Waals surface area contributed by atoms with Gasteiger partial charge in [-0.3, -0.25) is 9.59 Å². The van der Waals surface area contributed by atoms with Gasteiger partial charge in [-0.15, -0.1) is 0 Å². The first-order valence-electron chi connectivity index (χ1n) is 7.03. The van der Waals surface area contributed by atoms with Gasteiger partial charge in [0.05, 0.1) is 36.1 Å². The van der Waals surface area contributed by atoms with E-state index in [-0.39, 0.29) is 24.5 Å². The molecular formula is C18H14F2N2O4. The van der Waals surface area contributed by atoms with E-state index in [4.69, 9.17) is 20.7 Å². The van der Waals surface area contributed by atoms with Gasteiger partial charge in [0.15, 0.2) is 0 Å². The Balaban J connectivity index is 0.000000362. The highest BCUT2D eigenvalue weighted by molar-refractivity contribution is 5.75. The SMILES string of the molecule is N#Cc1ccc(F)cc1.N#Cc1ccc(F)cc1.O=C(O)CCC(=O)O. The molecule has 8 heteroatoms. The third kappa shape index (κ3) is 11.7. The lowest BCUT2D eigenvalue weighted by Gasteiger charge is -1.85. The molecule has 26 heavy (non-hydrogen) atoms. The number of nitriles is 2. The molecule has 0 spiro atoms. The van der Waals surface area contributed by atoms with Crippen molar-refractivity contribution in [3.8, 4) is 12.1 Å². The van der Waals surface area contributed by atoms with Gasteiger partial charge in [-0.1, -0.05) is 0 Å². The lowest BCUT2D eigenvalue weighted by molar-refractivity contribution is -0.143. The quantitative estimate of drug-likeness (QED) is 0.865. The van der Waals surface area contributed by atoms with Crippen molar-refractivity contribution in [3.63, 3.8) is 0 Å². The molecule has 0 saturated carbocycles. The number of nitrogens with zero attached hydrogens (tertiary/aromatic N) is 2. The minimum Gasteiger partial charge on any atom is -0.481 e. The summed E-state index contributed by atoms with van der Waals surface area (Å²) >= 11 is 0. The van der Waals surface area contributed by atoms with Gasteiger partial charge in [-0.2, -0.15) is 10.5 Å². The largest absolute Gasteiger partial charge is 0.481 e. The van der Waals surface area contributed by atoms with E-state index in [1.807, 2.05) is 12.1 Å². The predicted octanol–water partition coefficient (Wildman–Crippen LogP) is 3.33. The molecule has 2 N–H and O–H groups in total. The van der Waals surface area contributed by atoms with Gasteiger partial charge in [0, 0.05) is 0 Å². The zero-order valence-electron chi connectivity index (χ0n) is 13.4. The van der Waals surface area contributed by atoms with Crippen molar-refractivity contribution in [1.29, 1.82) is 10.5 Å². The second-order valence-corrected chi connectivity index (χ2v) is 4.52. The van der Waals surface area contributed by atoms with Crippen LogP contribution in [0.1, 0.15) is 24.0 Å². The van der Waals surface area contributed by atoms with Crippen LogP contribution in [0.25, 0.3) is 0 Å². The number of halogens is 2. The van der Waals surface area contributed by atoms with Gasteiger partial charge >= 0.3 is 11.9 Å². The standard InChI is InChI=1S/2C7H4FN.C4H6O4/c2*8-7-3-1-6(5-9)2-4-7;5-3(6)1-2-4(7)8/h2*1-4H;1-2H2,(H,5,6)(H,7,8). The van der Waals surface area contributed by atoms with E-state index in [1.54, 1.807) is 0 Å². The summed E-state index contributed by atoms with van der Waals surface area (Å²) in [6, 6.07) is 14.6. The summed E-state index contributed by atoms with van der Waals surface area (Å²) in [5, 5.41) is 32.3. The number of rotatable bonds is 3. The van der Waals surface area contributed by atoms with Crippen molar-refractivity contribution in [3.05, 3.63) is 71.3 Å². The summed E-state index contributed by atoms with van der Waals surface area (Å²) < 4.78 is 24.2. The summed E-state index contributed by atoms with van der Waals surface area (Å²) in [5.41, 5.74) is 0.966. The third-order valence-electron chi connectivity index (χ3n) is 2.50. The van der Waals surface area contributed by atoms with Crippen LogP contribution < -0.4 is 0 Å². The highest BCUT2D eigenvalue weighted by atomic mass is 19.1. The summed E-state index contributed by atoms with van der Waals surface area (Å²) in [5.74, 6) is -2.78. The fraction of sp³-hybridized carbons (Fsp3) is 0.111. The van der Waals surface area contributed by atoms with Crippen LogP contribution in [0.5, 0.6) is 0 Å². The van der Waals surface area contributed by atoms with E-state index in [9.17, 15) is 18.4 Å². The highest BCUT2D eigenvalue weighted by Gasteiger charge is 2.00. The lowest BCUT2D eigenvalue weighted by Crippen LogP contribution is -2.00. The average Bonchev–Trinajstić information content (AvgIpc) is 2.62. The van der Waals surface area contributed by atoms with Gasteiger partial charge in [0.1, 0.15) is 11.6 Å². The van der Waals surface area contributed by atoms with Gasteiger partial charge in [-0.05, 0) is 48.5 Å². The van der Waals surface area contributed by atoms with Crippen LogP contribution >= 0.6 is 0 Å². The van der Waals surface area contributed by atoms with Crippen LogP contribution in [0.4, 0.5) is 8.78 Å². The Hall–Kier alpha value is -3.78. The first-order valence-corrected chi connectivity index (χ1v) is 7.03. The second kappa shape index (κ2) is 12.6. The molecule has 2 aromatic carbocycles. The normalized spacial score (nSPS) is 8.46. The fourth-order valence-corrected chi connectivity index (χ4v) is 1.26. The molecule has 2 aromatic rings. The molecule has 0 heterocycles. The molecule has 0 aliphatic heterocycles. The Kier molecular flexibility index (Phi) is 10.8. The van der Waals surface area contributed by atoms with E-state index in [1.165, 1.54) is 48.5 Å². The molecule has 2 rings (SSSR count). The number of carbonyl (C=O) groups is 2. The maximum atomic E-state index is 12.1. The lowest BCUT2D eigenvalue weighted by atomic mass is 10.2. The fourth-order valence-electron chi connectivity index (χ4n) is 1.26. The molecule has 0 aromatic heterocycles. The first kappa shape index (κ1) is 22.2. The number of hydrogen-bond donors (Lipinski definition) is 2. The van der Waals surface area contributed by atoms with Gasteiger partial charge in [0.2, 0.25) is 0 Å². The summed E-state index contributed by atoms with van der Waals surface area (Å²) in [7, 11) is 0. The van der Waals surface area contributed by atoms with Crippen LogP contribution in [0.15, 0.2) is 48.5 Å².